The molecule has 0 spiro atoms. The van der Waals surface area contributed by atoms with Gasteiger partial charge in [-0.15, -0.1) is 0 Å². The fourth-order valence-electron chi connectivity index (χ4n) is 5.87. The van der Waals surface area contributed by atoms with Crippen LogP contribution in [0.4, 0.5) is 10.3 Å². The fraction of sp³-hybridized carbons (Fsp3) is 0.516. The van der Waals surface area contributed by atoms with Crippen molar-refractivity contribution in [2.24, 2.45) is 17.6 Å². The molecule has 1 saturated heterocycles. The second kappa shape index (κ2) is 13.2. The smallest absolute Gasteiger partial charge is 0.258 e. The number of nitrogens with two attached hydrogens (primary N) is 1. The monoisotopic (exact) mass is 535 g/mol. The molecule has 7 nitrogen and oxygen atoms in total. The van der Waals surface area contributed by atoms with Crippen molar-refractivity contribution in [2.75, 3.05) is 18.4 Å². The Hall–Kier alpha value is -3.26. The third-order valence-electron chi connectivity index (χ3n) is 7.99. The average molecular weight is 536 g/mol. The van der Waals surface area contributed by atoms with Gasteiger partial charge >= 0.3 is 0 Å². The highest BCUT2D eigenvalue weighted by atomic mass is 19.1. The topological polar surface area (TPSA) is 93.2 Å². The molecule has 0 radical (unpaired) electrons. The van der Waals surface area contributed by atoms with Gasteiger partial charge in [-0.25, -0.2) is 9.37 Å². The van der Waals surface area contributed by atoms with Gasteiger partial charge in [0.15, 0.2) is 0 Å². The van der Waals surface area contributed by atoms with E-state index in [1.807, 2.05) is 0 Å². The highest BCUT2D eigenvalue weighted by molar-refractivity contribution is 6.04. The second-order valence-corrected chi connectivity index (χ2v) is 11.4. The summed E-state index contributed by atoms with van der Waals surface area (Å²) in [5, 5.41) is 2.99. The number of hydrogen-bond donors (Lipinski definition) is 2. The lowest BCUT2D eigenvalue weighted by atomic mass is 9.86. The number of hydrogen-bond acceptors (Lipinski definition) is 4. The average Bonchev–Trinajstić information content (AvgIpc) is 3.26. The zero-order chi connectivity index (χ0) is 27.9. The predicted molar refractivity (Wildman–Crippen MR) is 154 cm³/mol. The Morgan fingerprint density at radius 3 is 2.38 bits per heavy atom. The van der Waals surface area contributed by atoms with Crippen LogP contribution in [0.15, 0.2) is 42.5 Å². The summed E-state index contributed by atoms with van der Waals surface area (Å²) in [6.07, 6.45) is 8.35. The molecule has 0 atom stereocenters. The van der Waals surface area contributed by atoms with Crippen molar-refractivity contribution < 1.29 is 14.0 Å². The van der Waals surface area contributed by atoms with Gasteiger partial charge < -0.3 is 10.3 Å². The molecule has 1 aromatic heterocycles. The van der Waals surface area contributed by atoms with Crippen molar-refractivity contribution in [3.63, 3.8) is 0 Å². The Bertz CT molecular complexity index is 1270. The summed E-state index contributed by atoms with van der Waals surface area (Å²) in [5.41, 5.74) is 8.05. The van der Waals surface area contributed by atoms with Crippen molar-refractivity contribution in [3.05, 3.63) is 59.4 Å². The lowest BCUT2D eigenvalue weighted by Gasteiger charge is -2.33. The van der Waals surface area contributed by atoms with Gasteiger partial charge in [-0.2, -0.15) is 0 Å². The number of amides is 2. The van der Waals surface area contributed by atoms with E-state index >= 15 is 0 Å². The Morgan fingerprint density at radius 2 is 1.74 bits per heavy atom. The van der Waals surface area contributed by atoms with Crippen LogP contribution >= 0.6 is 0 Å². The maximum absolute atomic E-state index is 13.7. The number of likely N-dealkylation sites (tertiary alicyclic amines) is 1. The molecule has 2 aliphatic rings. The Morgan fingerprint density at radius 1 is 1.05 bits per heavy atom. The number of imidazole rings is 1. The lowest BCUT2D eigenvalue weighted by Crippen LogP contribution is -2.34. The van der Waals surface area contributed by atoms with Crippen LogP contribution in [0.1, 0.15) is 87.7 Å². The van der Waals surface area contributed by atoms with E-state index in [1.165, 1.54) is 56.7 Å². The minimum atomic E-state index is -0.416. The first-order chi connectivity index (χ1) is 18.7. The summed E-state index contributed by atoms with van der Waals surface area (Å²) >= 11 is 0. The number of anilines is 1. The number of rotatable bonds is 6. The molecule has 3 N–H and O–H groups in total. The van der Waals surface area contributed by atoms with Crippen LogP contribution in [0.3, 0.4) is 0 Å². The Balaban J connectivity index is 0.000000826. The number of nitrogens with zero attached hydrogens (tertiary/aromatic N) is 3. The van der Waals surface area contributed by atoms with Gasteiger partial charge in [0.25, 0.3) is 5.91 Å². The predicted octanol–water partition coefficient (Wildman–Crippen LogP) is 6.29. The summed E-state index contributed by atoms with van der Waals surface area (Å²) in [7, 11) is 0. The molecule has 2 aromatic carbocycles. The third-order valence-corrected chi connectivity index (χ3v) is 7.99. The molecule has 39 heavy (non-hydrogen) atoms. The minimum Gasteiger partial charge on any atom is -0.370 e. The van der Waals surface area contributed by atoms with Crippen LogP contribution in [0.5, 0.6) is 0 Å². The maximum Gasteiger partial charge on any atom is 0.258 e. The van der Waals surface area contributed by atoms with E-state index in [4.69, 9.17) is 4.98 Å². The molecule has 8 heteroatoms. The van der Waals surface area contributed by atoms with Crippen molar-refractivity contribution in [2.45, 2.75) is 78.3 Å². The van der Waals surface area contributed by atoms with Crippen LogP contribution in [0, 0.1) is 17.7 Å². The second-order valence-electron chi connectivity index (χ2n) is 11.4. The molecule has 2 amide bonds. The fourth-order valence-corrected chi connectivity index (χ4v) is 5.87. The number of primary amides is 1. The van der Waals surface area contributed by atoms with Gasteiger partial charge in [-0.1, -0.05) is 45.2 Å². The summed E-state index contributed by atoms with van der Waals surface area (Å²) in [4.78, 5) is 29.5. The first-order valence-corrected chi connectivity index (χ1v) is 14.3. The third kappa shape index (κ3) is 7.66. The van der Waals surface area contributed by atoms with Crippen molar-refractivity contribution in [1.29, 1.82) is 0 Å². The number of benzene rings is 2. The van der Waals surface area contributed by atoms with Gasteiger partial charge in [0.05, 0.1) is 11.0 Å². The molecule has 0 unspecified atom stereocenters. The van der Waals surface area contributed by atoms with E-state index in [0.29, 0.717) is 17.6 Å². The number of piperidine rings is 1. The summed E-state index contributed by atoms with van der Waals surface area (Å²) in [6.45, 7) is 9.23. The van der Waals surface area contributed by atoms with E-state index in [9.17, 15) is 14.0 Å². The van der Waals surface area contributed by atoms with E-state index in [-0.39, 0.29) is 11.8 Å². The first-order valence-electron chi connectivity index (χ1n) is 14.3. The number of carbonyl (C=O) groups excluding carboxylic acids is 2. The van der Waals surface area contributed by atoms with Gasteiger partial charge in [0, 0.05) is 25.1 Å². The highest BCUT2D eigenvalue weighted by Crippen LogP contribution is 2.35. The van der Waals surface area contributed by atoms with Crippen LogP contribution in [0.25, 0.3) is 11.0 Å². The summed E-state index contributed by atoms with van der Waals surface area (Å²) in [5.74, 6) is 1.09. The standard InChI is InChI=1S/C29H37FN4O.C2H5NO/c1-20(2)22-13-15-33(16-14-22)19-21-11-12-26-27(17-21)34(25-9-4-3-5-10-25)29(31-26)32-28(35)23-7-6-8-24(30)18-23;1-2(3)4/h6-8,11-12,17-18,20,22,25H,3-5,9-10,13-16,19H2,1-2H3,(H,31,32,35);1H3,(H2,3,4). The normalized spacial score (nSPS) is 17.2. The first kappa shape index (κ1) is 28.7. The molecule has 1 aliphatic heterocycles. The number of aromatic nitrogens is 2. The van der Waals surface area contributed by atoms with Gasteiger partial charge in [-0.05, 0) is 86.5 Å². The molecule has 0 bridgehead atoms. The summed E-state index contributed by atoms with van der Waals surface area (Å²) in [6, 6.07) is 12.6. The Kier molecular flexibility index (Phi) is 9.73. The van der Waals surface area contributed by atoms with Gasteiger partial charge in [0.1, 0.15) is 5.82 Å². The largest absolute Gasteiger partial charge is 0.370 e. The van der Waals surface area contributed by atoms with Crippen LogP contribution in [-0.2, 0) is 11.3 Å². The van der Waals surface area contributed by atoms with Gasteiger partial charge in [0.2, 0.25) is 11.9 Å². The van der Waals surface area contributed by atoms with Crippen LogP contribution < -0.4 is 11.1 Å². The highest BCUT2D eigenvalue weighted by Gasteiger charge is 2.25. The number of carbonyl (C=O) groups is 2. The molecule has 1 saturated carbocycles. The van der Waals surface area contributed by atoms with Crippen LogP contribution in [-0.4, -0.2) is 39.4 Å². The van der Waals surface area contributed by atoms with Crippen molar-refractivity contribution in [1.82, 2.24) is 14.5 Å². The molecule has 2 fully saturated rings. The van der Waals surface area contributed by atoms with Crippen molar-refractivity contribution >= 4 is 28.8 Å². The number of halogens is 1. The molecule has 1 aliphatic carbocycles. The molecule has 2 heterocycles. The number of fused-ring (bicyclic) bond motifs is 1. The molecule has 3 aromatic rings. The SMILES string of the molecule is CC(C)C1CCN(Cc2ccc3nc(NC(=O)c4cccc(F)c4)n(C4CCCCC4)c3c2)CC1.CC(N)=O. The van der Waals surface area contributed by atoms with Gasteiger partial charge in [-0.3, -0.25) is 19.8 Å². The van der Waals surface area contributed by atoms with E-state index < -0.39 is 5.82 Å². The number of nitrogens with one attached hydrogen (secondary N) is 1. The molecule has 5 rings (SSSR count). The van der Waals surface area contributed by atoms with Crippen molar-refractivity contribution in [3.8, 4) is 0 Å². The Labute approximate surface area is 231 Å². The lowest BCUT2D eigenvalue weighted by molar-refractivity contribution is -0.115. The van der Waals surface area contributed by atoms with E-state index in [1.54, 1.807) is 12.1 Å². The quantitative estimate of drug-likeness (QED) is 0.388. The zero-order valence-corrected chi connectivity index (χ0v) is 23.5. The molecular formula is C31H42FN5O2. The maximum atomic E-state index is 13.7. The zero-order valence-electron chi connectivity index (χ0n) is 23.5. The van der Waals surface area contributed by atoms with E-state index in [0.717, 1.165) is 55.3 Å². The van der Waals surface area contributed by atoms with E-state index in [2.05, 4.69) is 52.6 Å². The molecule has 210 valence electrons. The minimum absolute atomic E-state index is 0.303. The summed E-state index contributed by atoms with van der Waals surface area (Å²) < 4.78 is 15.9. The molecular weight excluding hydrogens is 493 g/mol. The van der Waals surface area contributed by atoms with Crippen LogP contribution in [0.2, 0.25) is 0 Å².